The lowest BCUT2D eigenvalue weighted by Crippen LogP contribution is -2.35. The van der Waals surface area contributed by atoms with E-state index < -0.39 is 0 Å². The number of aromatic nitrogens is 1. The number of benzene rings is 1. The van der Waals surface area contributed by atoms with Crippen LogP contribution in [0.4, 0.5) is 0 Å². The first-order valence-corrected chi connectivity index (χ1v) is 13.0. The lowest BCUT2D eigenvalue weighted by molar-refractivity contribution is -0.117. The number of allylic oxidation sites excluding steroid dienone is 2. The molecule has 0 radical (unpaired) electrons. The molecular formula is C30H42N4O3. The summed E-state index contributed by atoms with van der Waals surface area (Å²) in [4.78, 5) is 29.8. The molecule has 1 unspecified atom stereocenters. The number of nitrogens with one attached hydrogen (secondary N) is 1. The SMILES string of the molecule is CC(C)=C(/C=C(\C)N1CCC1)C(=O)NC(C)c1cc(OC(C)C)cc(-c2cc(C(=O)N(C)C)n(C)c2)c1. The molecule has 1 N–H and O–H groups in total. The third kappa shape index (κ3) is 6.85. The van der Waals surface area contributed by atoms with Gasteiger partial charge >= 0.3 is 0 Å². The monoisotopic (exact) mass is 506 g/mol. The Hall–Kier alpha value is -3.48. The van der Waals surface area contributed by atoms with Gasteiger partial charge in [0.2, 0.25) is 0 Å². The van der Waals surface area contributed by atoms with E-state index in [9.17, 15) is 9.59 Å². The second-order valence-corrected chi connectivity index (χ2v) is 10.6. The molecule has 1 aromatic carbocycles. The van der Waals surface area contributed by atoms with Gasteiger partial charge in [0.15, 0.2) is 0 Å². The summed E-state index contributed by atoms with van der Waals surface area (Å²) in [5.74, 6) is 0.576. The van der Waals surface area contributed by atoms with Crippen LogP contribution in [0.1, 0.15) is 70.1 Å². The van der Waals surface area contributed by atoms with Crippen molar-refractivity contribution in [3.05, 3.63) is 64.6 Å². The van der Waals surface area contributed by atoms with Crippen molar-refractivity contribution < 1.29 is 14.3 Å². The molecule has 1 atom stereocenters. The molecule has 0 saturated carbocycles. The Morgan fingerprint density at radius 2 is 1.70 bits per heavy atom. The second-order valence-electron chi connectivity index (χ2n) is 10.6. The van der Waals surface area contributed by atoms with Gasteiger partial charge in [-0.25, -0.2) is 0 Å². The highest BCUT2D eigenvalue weighted by atomic mass is 16.5. The summed E-state index contributed by atoms with van der Waals surface area (Å²) in [7, 11) is 5.36. The van der Waals surface area contributed by atoms with Gasteiger partial charge < -0.3 is 24.4 Å². The van der Waals surface area contributed by atoms with E-state index in [0.29, 0.717) is 11.3 Å². The third-order valence-corrected chi connectivity index (χ3v) is 6.60. The second kappa shape index (κ2) is 11.7. The van der Waals surface area contributed by atoms with E-state index in [2.05, 4.69) is 23.2 Å². The van der Waals surface area contributed by atoms with E-state index in [-0.39, 0.29) is 24.0 Å². The molecule has 1 aromatic heterocycles. The summed E-state index contributed by atoms with van der Waals surface area (Å²) in [6.45, 7) is 14.0. The first-order chi connectivity index (χ1) is 17.4. The lowest BCUT2D eigenvalue weighted by atomic mass is 10.00. The molecule has 200 valence electrons. The molecule has 0 bridgehead atoms. The maximum Gasteiger partial charge on any atom is 0.269 e. The molecule has 0 spiro atoms. The predicted octanol–water partition coefficient (Wildman–Crippen LogP) is 5.30. The van der Waals surface area contributed by atoms with Crippen molar-refractivity contribution in [3.63, 3.8) is 0 Å². The Morgan fingerprint density at radius 1 is 1.03 bits per heavy atom. The van der Waals surface area contributed by atoms with Crippen molar-refractivity contribution in [3.8, 4) is 16.9 Å². The van der Waals surface area contributed by atoms with Crippen LogP contribution in [-0.4, -0.2) is 59.5 Å². The minimum absolute atomic E-state index is 0.00143. The van der Waals surface area contributed by atoms with Gasteiger partial charge in [-0.05, 0) is 89.4 Å². The smallest absolute Gasteiger partial charge is 0.269 e. The Kier molecular flexibility index (Phi) is 8.89. The van der Waals surface area contributed by atoms with E-state index in [1.54, 1.807) is 19.0 Å². The van der Waals surface area contributed by atoms with Crippen LogP contribution in [0, 0.1) is 0 Å². The number of amides is 2. The summed E-state index contributed by atoms with van der Waals surface area (Å²) in [5.41, 5.74) is 6.17. The molecule has 3 rings (SSSR count). The van der Waals surface area contributed by atoms with Gasteiger partial charge in [-0.3, -0.25) is 9.59 Å². The topological polar surface area (TPSA) is 66.8 Å². The van der Waals surface area contributed by atoms with Gasteiger partial charge in [0.25, 0.3) is 11.8 Å². The fourth-order valence-electron chi connectivity index (χ4n) is 4.31. The fraction of sp³-hybridized carbons (Fsp3) is 0.467. The largest absolute Gasteiger partial charge is 0.491 e. The molecule has 1 fully saturated rings. The summed E-state index contributed by atoms with van der Waals surface area (Å²) < 4.78 is 7.90. The summed E-state index contributed by atoms with van der Waals surface area (Å²) in [5, 5.41) is 3.19. The van der Waals surface area contributed by atoms with Crippen molar-refractivity contribution >= 4 is 11.8 Å². The minimum atomic E-state index is -0.249. The quantitative estimate of drug-likeness (QED) is 0.370. The summed E-state index contributed by atoms with van der Waals surface area (Å²) in [6, 6.07) is 7.67. The van der Waals surface area contributed by atoms with Crippen LogP contribution in [0.15, 0.2) is 53.4 Å². The van der Waals surface area contributed by atoms with Crippen LogP contribution in [0.3, 0.4) is 0 Å². The zero-order valence-corrected chi connectivity index (χ0v) is 23.8. The number of ether oxygens (including phenoxy) is 1. The Bertz CT molecular complexity index is 1210. The molecule has 7 heteroatoms. The number of rotatable bonds is 9. The number of likely N-dealkylation sites (tertiary alicyclic amines) is 1. The number of carbonyl (C=O) groups excluding carboxylic acids is 2. The van der Waals surface area contributed by atoms with Crippen molar-refractivity contribution in [2.75, 3.05) is 27.2 Å². The average molecular weight is 507 g/mol. The zero-order chi connectivity index (χ0) is 27.4. The number of carbonyl (C=O) groups is 2. The highest BCUT2D eigenvalue weighted by Crippen LogP contribution is 2.31. The summed E-state index contributed by atoms with van der Waals surface area (Å²) in [6.07, 6.45) is 5.14. The normalized spacial score (nSPS) is 14.2. The molecule has 7 nitrogen and oxygen atoms in total. The van der Waals surface area contributed by atoms with Gasteiger partial charge in [-0.1, -0.05) is 5.57 Å². The standard InChI is InChI=1S/C30H42N4O3/c1-19(2)27(13-21(5)34-11-10-12-34)29(35)31-22(6)23-14-24(16-26(15-23)37-20(3)4)25-17-28(33(9)18-25)30(36)32(7)8/h13-18,20,22H,10-12H2,1-9H3,(H,31,35)/b21-13+. The number of nitrogens with zero attached hydrogens (tertiary/aromatic N) is 3. The van der Waals surface area contributed by atoms with Crippen molar-refractivity contribution in [1.82, 2.24) is 19.7 Å². The van der Waals surface area contributed by atoms with Gasteiger partial charge in [0, 0.05) is 57.3 Å². The lowest BCUT2D eigenvalue weighted by Gasteiger charge is -2.34. The molecule has 1 saturated heterocycles. The fourth-order valence-corrected chi connectivity index (χ4v) is 4.31. The number of hydrogen-bond acceptors (Lipinski definition) is 4. The molecular weight excluding hydrogens is 464 g/mol. The van der Waals surface area contributed by atoms with Crippen molar-refractivity contribution in [2.45, 2.75) is 60.1 Å². The van der Waals surface area contributed by atoms with Crippen LogP contribution in [0.25, 0.3) is 11.1 Å². The minimum Gasteiger partial charge on any atom is -0.491 e. The zero-order valence-electron chi connectivity index (χ0n) is 23.8. The van der Waals surface area contributed by atoms with Gasteiger partial charge in [0.1, 0.15) is 11.4 Å². The first-order valence-electron chi connectivity index (χ1n) is 13.0. The molecule has 37 heavy (non-hydrogen) atoms. The van der Waals surface area contributed by atoms with Crippen LogP contribution < -0.4 is 10.1 Å². The van der Waals surface area contributed by atoms with Crippen LogP contribution >= 0.6 is 0 Å². The van der Waals surface area contributed by atoms with Gasteiger partial charge in [0.05, 0.1) is 12.1 Å². The van der Waals surface area contributed by atoms with Crippen molar-refractivity contribution in [2.24, 2.45) is 7.05 Å². The molecule has 2 heterocycles. The van der Waals surface area contributed by atoms with Crippen LogP contribution in [0.5, 0.6) is 5.75 Å². The number of hydrogen-bond donors (Lipinski definition) is 1. The van der Waals surface area contributed by atoms with Crippen LogP contribution in [-0.2, 0) is 11.8 Å². The molecule has 1 aliphatic heterocycles. The molecule has 0 aliphatic carbocycles. The van der Waals surface area contributed by atoms with E-state index in [1.165, 1.54) is 6.42 Å². The van der Waals surface area contributed by atoms with Crippen molar-refractivity contribution in [1.29, 1.82) is 0 Å². The predicted molar refractivity (Wildman–Crippen MR) is 150 cm³/mol. The average Bonchev–Trinajstić information content (AvgIpc) is 3.16. The van der Waals surface area contributed by atoms with E-state index in [0.717, 1.165) is 46.8 Å². The Balaban J connectivity index is 1.92. The van der Waals surface area contributed by atoms with Gasteiger partial charge in [-0.15, -0.1) is 0 Å². The van der Waals surface area contributed by atoms with E-state index >= 15 is 0 Å². The van der Waals surface area contributed by atoms with Gasteiger partial charge in [-0.2, -0.15) is 0 Å². The molecule has 2 aromatic rings. The Labute approximate surface area is 221 Å². The highest BCUT2D eigenvalue weighted by Gasteiger charge is 2.20. The third-order valence-electron chi connectivity index (χ3n) is 6.60. The maximum absolute atomic E-state index is 13.3. The van der Waals surface area contributed by atoms with Crippen LogP contribution in [0.2, 0.25) is 0 Å². The molecule has 1 aliphatic rings. The number of aryl methyl sites for hydroxylation is 1. The van der Waals surface area contributed by atoms with E-state index in [4.69, 9.17) is 4.74 Å². The highest BCUT2D eigenvalue weighted by molar-refractivity contribution is 5.97. The molecule has 2 amide bonds. The summed E-state index contributed by atoms with van der Waals surface area (Å²) >= 11 is 0. The Morgan fingerprint density at radius 3 is 2.24 bits per heavy atom. The van der Waals surface area contributed by atoms with E-state index in [1.807, 2.05) is 76.7 Å². The maximum atomic E-state index is 13.3. The first kappa shape index (κ1) is 28.1.